The average molecular weight is 236 g/mol. The maximum Gasteiger partial charge on any atom is 0.0940 e. The normalized spacial score (nSPS) is 20.6. The van der Waals surface area contributed by atoms with Gasteiger partial charge in [-0.25, -0.2) is 4.98 Å². The van der Waals surface area contributed by atoms with Gasteiger partial charge in [-0.2, -0.15) is 0 Å². The molecule has 16 heavy (non-hydrogen) atoms. The van der Waals surface area contributed by atoms with Crippen LogP contribution in [0, 0.1) is 18.8 Å². The van der Waals surface area contributed by atoms with Gasteiger partial charge in [-0.3, -0.25) is 0 Å². The van der Waals surface area contributed by atoms with Gasteiger partial charge in [0.2, 0.25) is 0 Å². The molecule has 1 N–H and O–H groups in total. The molecule has 0 unspecified atom stereocenters. The van der Waals surface area contributed by atoms with E-state index in [1.54, 1.807) is 0 Å². The first-order valence-electron chi connectivity index (χ1n) is 6.47. The minimum Gasteiger partial charge on any atom is -0.313 e. The Balaban J connectivity index is 1.44. The van der Waals surface area contributed by atoms with Gasteiger partial charge in [-0.05, 0) is 44.4 Å². The van der Waals surface area contributed by atoms with Crippen LogP contribution in [-0.2, 0) is 6.42 Å². The number of aromatic nitrogens is 1. The molecule has 2 fully saturated rings. The Bertz CT molecular complexity index is 341. The van der Waals surface area contributed by atoms with E-state index in [2.05, 4.69) is 17.2 Å². The molecule has 2 nitrogen and oxygen atoms in total. The SMILES string of the molecule is Cc1cnc(CCNC(C2CC2)C2CC2)s1. The Kier molecular flexibility index (Phi) is 2.99. The predicted octanol–water partition coefficient (Wildman–Crippen LogP) is 2.77. The first kappa shape index (κ1) is 10.7. The molecule has 0 spiro atoms. The number of nitrogens with one attached hydrogen (secondary N) is 1. The van der Waals surface area contributed by atoms with Gasteiger partial charge in [0.15, 0.2) is 0 Å². The van der Waals surface area contributed by atoms with Crippen molar-refractivity contribution in [2.24, 2.45) is 11.8 Å². The quantitative estimate of drug-likeness (QED) is 0.821. The highest BCUT2D eigenvalue weighted by molar-refractivity contribution is 7.11. The summed E-state index contributed by atoms with van der Waals surface area (Å²) in [5.74, 6) is 2.01. The van der Waals surface area contributed by atoms with E-state index in [0.29, 0.717) is 0 Å². The minimum atomic E-state index is 0.834. The zero-order chi connectivity index (χ0) is 11.0. The van der Waals surface area contributed by atoms with E-state index in [4.69, 9.17) is 0 Å². The fourth-order valence-electron chi connectivity index (χ4n) is 2.49. The summed E-state index contributed by atoms with van der Waals surface area (Å²) in [4.78, 5) is 5.74. The summed E-state index contributed by atoms with van der Waals surface area (Å²) < 4.78 is 0. The first-order chi connectivity index (χ1) is 7.83. The number of hydrogen-bond donors (Lipinski definition) is 1. The van der Waals surface area contributed by atoms with E-state index in [-0.39, 0.29) is 0 Å². The Morgan fingerprint density at radius 3 is 2.56 bits per heavy atom. The molecule has 0 aliphatic heterocycles. The lowest BCUT2D eigenvalue weighted by Crippen LogP contribution is -2.34. The Labute approximate surface area is 101 Å². The van der Waals surface area contributed by atoms with Gasteiger partial charge in [-0.1, -0.05) is 0 Å². The second kappa shape index (κ2) is 4.46. The number of rotatable bonds is 6. The van der Waals surface area contributed by atoms with Crippen molar-refractivity contribution in [1.82, 2.24) is 10.3 Å². The third-order valence-corrected chi connectivity index (χ3v) is 4.62. The van der Waals surface area contributed by atoms with Crippen LogP contribution in [0.4, 0.5) is 0 Å². The van der Waals surface area contributed by atoms with Crippen LogP contribution in [-0.4, -0.2) is 17.6 Å². The number of hydrogen-bond acceptors (Lipinski definition) is 3. The summed E-state index contributed by atoms with van der Waals surface area (Å²) in [7, 11) is 0. The highest BCUT2D eigenvalue weighted by atomic mass is 32.1. The Morgan fingerprint density at radius 2 is 2.06 bits per heavy atom. The van der Waals surface area contributed by atoms with Gasteiger partial charge in [0.1, 0.15) is 0 Å². The monoisotopic (exact) mass is 236 g/mol. The predicted molar refractivity (Wildman–Crippen MR) is 67.8 cm³/mol. The van der Waals surface area contributed by atoms with Crippen molar-refractivity contribution in [2.45, 2.75) is 45.1 Å². The number of nitrogens with zero attached hydrogens (tertiary/aromatic N) is 1. The number of thiazole rings is 1. The van der Waals surface area contributed by atoms with Crippen LogP contribution in [0.25, 0.3) is 0 Å². The molecule has 0 bridgehead atoms. The van der Waals surface area contributed by atoms with Crippen molar-refractivity contribution < 1.29 is 0 Å². The second-order valence-electron chi connectivity index (χ2n) is 5.27. The molecule has 2 saturated carbocycles. The van der Waals surface area contributed by atoms with Crippen LogP contribution in [0.3, 0.4) is 0 Å². The zero-order valence-corrected chi connectivity index (χ0v) is 10.7. The third-order valence-electron chi connectivity index (χ3n) is 3.65. The molecule has 88 valence electrons. The van der Waals surface area contributed by atoms with Gasteiger partial charge >= 0.3 is 0 Å². The van der Waals surface area contributed by atoms with Crippen molar-refractivity contribution in [3.8, 4) is 0 Å². The molecular weight excluding hydrogens is 216 g/mol. The van der Waals surface area contributed by atoms with Gasteiger partial charge in [0, 0.05) is 30.1 Å². The van der Waals surface area contributed by atoms with Crippen molar-refractivity contribution in [3.05, 3.63) is 16.1 Å². The van der Waals surface area contributed by atoms with E-state index in [1.807, 2.05) is 17.5 Å². The molecule has 1 aromatic rings. The summed E-state index contributed by atoms with van der Waals surface area (Å²) in [5, 5.41) is 5.06. The third kappa shape index (κ3) is 2.64. The molecule has 1 heterocycles. The molecule has 2 aliphatic carbocycles. The summed E-state index contributed by atoms with van der Waals surface area (Å²) in [5.41, 5.74) is 0. The summed E-state index contributed by atoms with van der Waals surface area (Å²) in [6.45, 7) is 3.25. The largest absolute Gasteiger partial charge is 0.313 e. The van der Waals surface area contributed by atoms with Gasteiger partial charge < -0.3 is 5.32 Å². The van der Waals surface area contributed by atoms with Crippen LogP contribution >= 0.6 is 11.3 Å². The van der Waals surface area contributed by atoms with E-state index < -0.39 is 0 Å². The average Bonchev–Trinajstić information content (AvgIpc) is 3.15. The minimum absolute atomic E-state index is 0.834. The summed E-state index contributed by atoms with van der Waals surface area (Å²) >= 11 is 1.84. The second-order valence-corrected chi connectivity index (χ2v) is 6.59. The van der Waals surface area contributed by atoms with Gasteiger partial charge in [0.25, 0.3) is 0 Å². The smallest absolute Gasteiger partial charge is 0.0940 e. The standard InChI is InChI=1S/C13H20N2S/c1-9-8-15-12(16-9)6-7-14-13(10-2-3-10)11-4-5-11/h8,10-11,13-14H,2-7H2,1H3. The Morgan fingerprint density at radius 1 is 1.38 bits per heavy atom. The fraction of sp³-hybridized carbons (Fsp3) is 0.769. The highest BCUT2D eigenvalue weighted by Crippen LogP contribution is 2.44. The summed E-state index contributed by atoms with van der Waals surface area (Å²) in [6, 6.07) is 0.834. The summed E-state index contributed by atoms with van der Waals surface area (Å²) in [6.07, 6.45) is 8.94. The molecule has 0 saturated heterocycles. The molecule has 1 aromatic heterocycles. The van der Waals surface area contributed by atoms with Crippen LogP contribution in [0.15, 0.2) is 6.20 Å². The molecule has 3 rings (SSSR count). The lowest BCUT2D eigenvalue weighted by molar-refractivity contribution is 0.420. The van der Waals surface area contributed by atoms with Crippen LogP contribution < -0.4 is 5.32 Å². The zero-order valence-electron chi connectivity index (χ0n) is 9.91. The maximum absolute atomic E-state index is 4.41. The lowest BCUT2D eigenvalue weighted by Gasteiger charge is -2.16. The first-order valence-corrected chi connectivity index (χ1v) is 7.29. The number of aryl methyl sites for hydroxylation is 1. The molecule has 0 atom stereocenters. The lowest BCUT2D eigenvalue weighted by atomic mass is 10.1. The maximum atomic E-state index is 4.41. The van der Waals surface area contributed by atoms with E-state index in [0.717, 1.165) is 30.8 Å². The molecule has 0 aromatic carbocycles. The van der Waals surface area contributed by atoms with Gasteiger partial charge in [0.05, 0.1) is 5.01 Å². The highest BCUT2D eigenvalue weighted by Gasteiger charge is 2.40. The molecule has 2 aliphatic rings. The van der Waals surface area contributed by atoms with Crippen molar-refractivity contribution >= 4 is 11.3 Å². The van der Waals surface area contributed by atoms with E-state index >= 15 is 0 Å². The Hall–Kier alpha value is -0.410. The van der Waals surface area contributed by atoms with Gasteiger partial charge in [-0.15, -0.1) is 11.3 Å². The van der Waals surface area contributed by atoms with Crippen LogP contribution in [0.5, 0.6) is 0 Å². The fourth-order valence-corrected chi connectivity index (χ4v) is 3.28. The molecule has 0 radical (unpaired) electrons. The molecular formula is C13H20N2S. The van der Waals surface area contributed by atoms with Crippen molar-refractivity contribution in [1.29, 1.82) is 0 Å². The topological polar surface area (TPSA) is 24.9 Å². The van der Waals surface area contributed by atoms with Crippen LogP contribution in [0.2, 0.25) is 0 Å². The van der Waals surface area contributed by atoms with Crippen molar-refractivity contribution in [2.75, 3.05) is 6.54 Å². The van der Waals surface area contributed by atoms with E-state index in [1.165, 1.54) is 35.6 Å². The van der Waals surface area contributed by atoms with Crippen molar-refractivity contribution in [3.63, 3.8) is 0 Å². The van der Waals surface area contributed by atoms with E-state index in [9.17, 15) is 0 Å². The van der Waals surface area contributed by atoms with Crippen LogP contribution in [0.1, 0.15) is 35.6 Å². The molecule has 3 heteroatoms. The molecule has 0 amide bonds.